The predicted octanol–water partition coefficient (Wildman–Crippen LogP) is 2.27. The van der Waals surface area contributed by atoms with E-state index >= 15 is 0 Å². The Balaban J connectivity index is 1.87. The molecule has 2 rings (SSSR count). The molecule has 3 heteroatoms. The Bertz CT molecular complexity index is 425. The zero-order valence-electron chi connectivity index (χ0n) is 10.5. The topological polar surface area (TPSA) is 48.0 Å². The van der Waals surface area contributed by atoms with Crippen LogP contribution in [0.5, 0.6) is 0 Å². The zero-order chi connectivity index (χ0) is 12.6. The van der Waals surface area contributed by atoms with Crippen LogP contribution in [0.15, 0.2) is 48.8 Å². The monoisotopic (exact) mass is 244 g/mol. The van der Waals surface area contributed by atoms with E-state index in [-0.39, 0.29) is 6.61 Å². The number of aromatic nitrogens is 1. The van der Waals surface area contributed by atoms with Gasteiger partial charge >= 0.3 is 0 Å². The van der Waals surface area contributed by atoms with E-state index in [9.17, 15) is 0 Å². The maximum atomic E-state index is 9.15. The third-order valence-electron chi connectivity index (χ3n) is 3.13. The summed E-state index contributed by atoms with van der Waals surface area (Å²) in [6.07, 6.45) is 4.72. The number of hydrogen-bond donors (Lipinski definition) is 3. The Labute approximate surface area is 108 Å². The largest absolute Gasteiger partial charge is 0.396 e. The lowest BCUT2D eigenvalue weighted by molar-refractivity contribution is 0.273. The molecule has 1 heterocycles. The van der Waals surface area contributed by atoms with Crippen LogP contribution in [0.3, 0.4) is 0 Å². The van der Waals surface area contributed by atoms with Crippen LogP contribution in [0.2, 0.25) is 0 Å². The molecule has 0 fully saturated rings. The summed E-state index contributed by atoms with van der Waals surface area (Å²) in [4.78, 5) is 3.04. The molecule has 96 valence electrons. The number of aromatic amines is 1. The highest BCUT2D eigenvalue weighted by Gasteiger charge is 2.10. The van der Waals surface area contributed by atoms with Crippen LogP contribution < -0.4 is 5.32 Å². The molecule has 0 saturated carbocycles. The molecule has 2 aromatic rings. The molecule has 0 bridgehead atoms. The van der Waals surface area contributed by atoms with Gasteiger partial charge in [0.15, 0.2) is 0 Å². The standard InChI is InChI=1S/C15H20N2O/c18-9-7-15(14-4-2-1-3-5-14)12-17-11-13-6-8-16-10-13/h1-6,8,10,15-18H,7,9,11-12H2. The van der Waals surface area contributed by atoms with Crippen LogP contribution in [0.1, 0.15) is 23.5 Å². The number of rotatable bonds is 7. The maximum absolute atomic E-state index is 9.15. The minimum Gasteiger partial charge on any atom is -0.396 e. The first-order valence-corrected chi connectivity index (χ1v) is 6.38. The number of hydrogen-bond acceptors (Lipinski definition) is 2. The second kappa shape index (κ2) is 6.99. The summed E-state index contributed by atoms with van der Waals surface area (Å²) < 4.78 is 0. The average Bonchev–Trinajstić information content (AvgIpc) is 2.92. The third-order valence-corrected chi connectivity index (χ3v) is 3.13. The van der Waals surface area contributed by atoms with Crippen LogP contribution in [0.4, 0.5) is 0 Å². The lowest BCUT2D eigenvalue weighted by atomic mass is 9.96. The lowest BCUT2D eigenvalue weighted by Gasteiger charge is -2.16. The number of nitrogens with one attached hydrogen (secondary N) is 2. The summed E-state index contributed by atoms with van der Waals surface area (Å²) in [5.41, 5.74) is 2.54. The first-order valence-electron chi connectivity index (χ1n) is 6.38. The van der Waals surface area contributed by atoms with E-state index in [2.05, 4.69) is 28.5 Å². The molecule has 0 aliphatic rings. The first-order chi connectivity index (χ1) is 8.90. The van der Waals surface area contributed by atoms with E-state index in [0.717, 1.165) is 19.5 Å². The van der Waals surface area contributed by atoms with Gasteiger partial charge in [-0.2, -0.15) is 0 Å². The molecule has 1 atom stereocenters. The van der Waals surface area contributed by atoms with Crippen LogP contribution in [0.25, 0.3) is 0 Å². The molecule has 0 spiro atoms. The summed E-state index contributed by atoms with van der Waals surface area (Å²) in [6.45, 7) is 1.97. The van der Waals surface area contributed by atoms with Gasteiger partial charge in [-0.3, -0.25) is 0 Å². The highest BCUT2D eigenvalue weighted by molar-refractivity contribution is 5.20. The Morgan fingerprint density at radius 2 is 2.00 bits per heavy atom. The fraction of sp³-hybridized carbons (Fsp3) is 0.333. The minimum atomic E-state index is 0.228. The SMILES string of the molecule is OCCC(CNCc1cc[nH]c1)c1ccccc1. The predicted molar refractivity (Wildman–Crippen MR) is 73.4 cm³/mol. The van der Waals surface area contributed by atoms with Gasteiger partial charge in [-0.25, -0.2) is 0 Å². The maximum Gasteiger partial charge on any atom is 0.0437 e. The van der Waals surface area contributed by atoms with Gasteiger partial charge in [-0.1, -0.05) is 30.3 Å². The second-order valence-electron chi connectivity index (χ2n) is 4.47. The molecular formula is C15H20N2O. The van der Waals surface area contributed by atoms with Crippen molar-refractivity contribution in [3.63, 3.8) is 0 Å². The van der Waals surface area contributed by atoms with E-state index in [1.807, 2.05) is 30.6 Å². The Morgan fingerprint density at radius 3 is 2.67 bits per heavy atom. The van der Waals surface area contributed by atoms with Gasteiger partial charge in [0.1, 0.15) is 0 Å². The Hall–Kier alpha value is -1.58. The van der Waals surface area contributed by atoms with Crippen molar-refractivity contribution in [3.8, 4) is 0 Å². The second-order valence-corrected chi connectivity index (χ2v) is 4.47. The van der Waals surface area contributed by atoms with Gasteiger partial charge in [-0.15, -0.1) is 0 Å². The lowest BCUT2D eigenvalue weighted by Crippen LogP contribution is -2.21. The van der Waals surface area contributed by atoms with Gasteiger partial charge in [0, 0.05) is 32.1 Å². The molecular weight excluding hydrogens is 224 g/mol. The van der Waals surface area contributed by atoms with Crippen molar-refractivity contribution in [2.45, 2.75) is 18.9 Å². The normalized spacial score (nSPS) is 12.5. The Kier molecular flexibility index (Phi) is 5.00. The van der Waals surface area contributed by atoms with Crippen molar-refractivity contribution in [2.75, 3.05) is 13.2 Å². The van der Waals surface area contributed by atoms with Gasteiger partial charge in [0.2, 0.25) is 0 Å². The highest BCUT2D eigenvalue weighted by atomic mass is 16.3. The fourth-order valence-electron chi connectivity index (χ4n) is 2.13. The molecule has 0 aliphatic carbocycles. The zero-order valence-corrected chi connectivity index (χ0v) is 10.5. The minimum absolute atomic E-state index is 0.228. The van der Waals surface area contributed by atoms with Gasteiger partial charge in [0.25, 0.3) is 0 Å². The molecule has 0 aliphatic heterocycles. The highest BCUT2D eigenvalue weighted by Crippen LogP contribution is 2.18. The third kappa shape index (κ3) is 3.72. The average molecular weight is 244 g/mol. The summed E-state index contributed by atoms with van der Waals surface area (Å²) >= 11 is 0. The molecule has 1 aromatic heterocycles. The van der Waals surface area contributed by atoms with E-state index in [4.69, 9.17) is 5.11 Å². The van der Waals surface area contributed by atoms with E-state index < -0.39 is 0 Å². The molecule has 0 radical (unpaired) electrons. The van der Waals surface area contributed by atoms with Crippen LogP contribution in [0, 0.1) is 0 Å². The molecule has 18 heavy (non-hydrogen) atoms. The number of aliphatic hydroxyl groups is 1. The summed E-state index contributed by atoms with van der Waals surface area (Å²) in [5.74, 6) is 0.371. The molecule has 0 saturated heterocycles. The number of benzene rings is 1. The van der Waals surface area contributed by atoms with Crippen LogP contribution in [-0.4, -0.2) is 23.2 Å². The summed E-state index contributed by atoms with van der Waals surface area (Å²) in [6, 6.07) is 12.4. The van der Waals surface area contributed by atoms with Crippen molar-refractivity contribution in [1.29, 1.82) is 0 Å². The van der Waals surface area contributed by atoms with Crippen molar-refractivity contribution in [3.05, 3.63) is 59.9 Å². The van der Waals surface area contributed by atoms with Crippen molar-refractivity contribution < 1.29 is 5.11 Å². The van der Waals surface area contributed by atoms with Crippen molar-refractivity contribution >= 4 is 0 Å². The van der Waals surface area contributed by atoms with Crippen molar-refractivity contribution in [1.82, 2.24) is 10.3 Å². The van der Waals surface area contributed by atoms with E-state index in [0.29, 0.717) is 5.92 Å². The first kappa shape index (κ1) is 12.9. The molecule has 1 aromatic carbocycles. The smallest absolute Gasteiger partial charge is 0.0437 e. The summed E-state index contributed by atoms with van der Waals surface area (Å²) in [5, 5.41) is 12.6. The van der Waals surface area contributed by atoms with Crippen LogP contribution >= 0.6 is 0 Å². The molecule has 1 unspecified atom stereocenters. The molecule has 3 nitrogen and oxygen atoms in total. The fourth-order valence-corrected chi connectivity index (χ4v) is 2.13. The van der Waals surface area contributed by atoms with Gasteiger partial charge in [-0.05, 0) is 29.5 Å². The molecule has 3 N–H and O–H groups in total. The number of H-pyrrole nitrogens is 1. The van der Waals surface area contributed by atoms with E-state index in [1.54, 1.807) is 0 Å². The number of aliphatic hydroxyl groups excluding tert-OH is 1. The van der Waals surface area contributed by atoms with Gasteiger partial charge < -0.3 is 15.4 Å². The van der Waals surface area contributed by atoms with Gasteiger partial charge in [0.05, 0.1) is 0 Å². The van der Waals surface area contributed by atoms with Crippen LogP contribution in [-0.2, 0) is 6.54 Å². The Morgan fingerprint density at radius 1 is 1.17 bits per heavy atom. The summed E-state index contributed by atoms with van der Waals surface area (Å²) in [7, 11) is 0. The van der Waals surface area contributed by atoms with Crippen molar-refractivity contribution in [2.24, 2.45) is 0 Å². The quantitative estimate of drug-likeness (QED) is 0.699. The van der Waals surface area contributed by atoms with E-state index in [1.165, 1.54) is 11.1 Å². The molecule has 0 amide bonds.